The van der Waals surface area contributed by atoms with Gasteiger partial charge in [0.2, 0.25) is 0 Å². The van der Waals surface area contributed by atoms with Gasteiger partial charge in [-0.05, 0) is 97.9 Å². The van der Waals surface area contributed by atoms with Gasteiger partial charge in [-0.15, -0.1) is 0 Å². The van der Waals surface area contributed by atoms with Crippen molar-refractivity contribution in [3.8, 4) is 0 Å². The van der Waals surface area contributed by atoms with Gasteiger partial charge in [0.05, 0.1) is 18.8 Å². The number of hydrogen-bond acceptors (Lipinski definition) is 4. The minimum atomic E-state index is -0.415. The van der Waals surface area contributed by atoms with Crippen LogP contribution in [-0.4, -0.2) is 40.4 Å². The molecule has 34 heavy (non-hydrogen) atoms. The van der Waals surface area contributed by atoms with Crippen molar-refractivity contribution in [2.24, 2.45) is 39.4 Å². The van der Waals surface area contributed by atoms with Crippen molar-refractivity contribution in [3.05, 3.63) is 11.1 Å². The number of rotatable bonds is 5. The number of hydrogen-bond donors (Lipinski definition) is 2. The van der Waals surface area contributed by atoms with Crippen LogP contribution in [0.2, 0.25) is 0 Å². The first kappa shape index (κ1) is 25.0. The van der Waals surface area contributed by atoms with Crippen molar-refractivity contribution in [1.82, 2.24) is 0 Å². The van der Waals surface area contributed by atoms with Crippen LogP contribution in [0.1, 0.15) is 106 Å². The van der Waals surface area contributed by atoms with E-state index in [9.17, 15) is 15.0 Å². The van der Waals surface area contributed by atoms with Gasteiger partial charge < -0.3 is 14.9 Å². The highest BCUT2D eigenvalue weighted by Gasteiger charge is 2.65. The lowest BCUT2D eigenvalue weighted by atomic mass is 9.43. The fourth-order valence-corrected chi connectivity index (χ4v) is 9.82. The first-order valence-electron chi connectivity index (χ1n) is 14.0. The maximum atomic E-state index is 12.8. The third-order valence-corrected chi connectivity index (χ3v) is 12.5. The molecule has 4 aliphatic carbocycles. The smallest absolute Gasteiger partial charge is 0.138 e. The first-order valence-corrected chi connectivity index (χ1v) is 14.0. The molecule has 0 radical (unpaired) electrons. The summed E-state index contributed by atoms with van der Waals surface area (Å²) in [5.74, 6) is 1.87. The fraction of sp³-hybridized carbons (Fsp3) is 0.900. The van der Waals surface area contributed by atoms with Gasteiger partial charge in [0.1, 0.15) is 11.4 Å². The normalized spacial score (nSPS) is 50.4. The van der Waals surface area contributed by atoms with Gasteiger partial charge in [-0.1, -0.05) is 47.1 Å². The van der Waals surface area contributed by atoms with Crippen LogP contribution in [0.25, 0.3) is 0 Å². The van der Waals surface area contributed by atoms with Crippen LogP contribution in [0.3, 0.4) is 0 Å². The summed E-state index contributed by atoms with van der Waals surface area (Å²) < 4.78 is 5.77. The molecule has 9 atom stereocenters. The summed E-state index contributed by atoms with van der Waals surface area (Å²) in [5, 5.41) is 21.2. The lowest BCUT2D eigenvalue weighted by molar-refractivity contribution is -0.141. The van der Waals surface area contributed by atoms with E-state index in [0.29, 0.717) is 24.0 Å². The number of allylic oxidation sites excluding steroid dienone is 1. The number of aliphatic hydroxyl groups excluding tert-OH is 2. The van der Waals surface area contributed by atoms with Crippen LogP contribution in [0, 0.1) is 39.4 Å². The molecule has 1 saturated heterocycles. The Kier molecular flexibility index (Phi) is 5.62. The summed E-state index contributed by atoms with van der Waals surface area (Å²) in [5.41, 5.74) is 2.50. The van der Waals surface area contributed by atoms with E-state index in [1.165, 1.54) is 24.0 Å². The largest absolute Gasteiger partial charge is 0.393 e. The fourth-order valence-electron chi connectivity index (χ4n) is 9.82. The minimum Gasteiger partial charge on any atom is -0.393 e. The molecule has 5 rings (SSSR count). The zero-order valence-electron chi connectivity index (χ0n) is 22.7. The van der Waals surface area contributed by atoms with Crippen LogP contribution in [0.4, 0.5) is 0 Å². The first-order chi connectivity index (χ1) is 15.7. The Balaban J connectivity index is 1.43. The molecule has 1 heterocycles. The summed E-state index contributed by atoms with van der Waals surface area (Å²) in [4.78, 5) is 12.8. The Hall–Kier alpha value is -0.710. The summed E-state index contributed by atoms with van der Waals surface area (Å²) in [6.45, 7) is 16.2. The van der Waals surface area contributed by atoms with Gasteiger partial charge in [0.15, 0.2) is 0 Å². The molecule has 0 aromatic carbocycles. The molecule has 2 N–H and O–H groups in total. The van der Waals surface area contributed by atoms with Crippen LogP contribution in [0.15, 0.2) is 11.1 Å². The second-order valence-electron chi connectivity index (χ2n) is 14.3. The Morgan fingerprint density at radius 3 is 2.41 bits per heavy atom. The minimum absolute atomic E-state index is 0.0359. The summed E-state index contributed by atoms with van der Waals surface area (Å²) in [6, 6.07) is 0. The quantitative estimate of drug-likeness (QED) is 0.389. The number of epoxide rings is 1. The summed E-state index contributed by atoms with van der Waals surface area (Å²) in [6.07, 6.45) is 8.97. The molecule has 192 valence electrons. The Morgan fingerprint density at radius 2 is 1.76 bits per heavy atom. The number of carbonyl (C=O) groups excluding carboxylic acids is 1. The van der Waals surface area contributed by atoms with Gasteiger partial charge in [0, 0.05) is 11.8 Å². The third-order valence-electron chi connectivity index (χ3n) is 12.5. The number of carbonyl (C=O) groups is 1. The van der Waals surface area contributed by atoms with E-state index in [4.69, 9.17) is 4.74 Å². The molecule has 1 aliphatic heterocycles. The van der Waals surface area contributed by atoms with Gasteiger partial charge in [0.25, 0.3) is 0 Å². The zero-order valence-corrected chi connectivity index (χ0v) is 22.7. The van der Waals surface area contributed by atoms with Crippen LogP contribution in [-0.2, 0) is 9.53 Å². The second-order valence-corrected chi connectivity index (χ2v) is 14.3. The van der Waals surface area contributed by atoms with Crippen LogP contribution < -0.4 is 0 Å². The molecule has 0 aromatic rings. The lowest BCUT2D eigenvalue weighted by Crippen LogP contribution is -2.57. The highest BCUT2D eigenvalue weighted by Crippen LogP contribution is 2.72. The van der Waals surface area contributed by atoms with Crippen molar-refractivity contribution >= 4 is 5.78 Å². The maximum Gasteiger partial charge on any atom is 0.138 e. The number of fused-ring (bicyclic) bond motifs is 4. The van der Waals surface area contributed by atoms with Crippen molar-refractivity contribution in [2.75, 3.05) is 6.61 Å². The molecule has 4 nitrogen and oxygen atoms in total. The van der Waals surface area contributed by atoms with Gasteiger partial charge in [-0.25, -0.2) is 0 Å². The third kappa shape index (κ3) is 3.16. The van der Waals surface area contributed by atoms with E-state index >= 15 is 0 Å². The monoisotopic (exact) mass is 472 g/mol. The molecule has 0 amide bonds. The highest BCUT2D eigenvalue weighted by atomic mass is 16.6. The Morgan fingerprint density at radius 1 is 1.06 bits per heavy atom. The maximum absolute atomic E-state index is 12.8. The Labute approximate surface area is 206 Å². The lowest BCUT2D eigenvalue weighted by Gasteiger charge is -2.61. The molecule has 3 fully saturated rings. The molecule has 0 spiro atoms. The highest BCUT2D eigenvalue weighted by molar-refractivity contribution is 5.85. The standard InChI is InChI=1S/C30H48O4/c1-18(8-9-24-30(7,17-31)34-24)19-10-15-29(6)25-20(11-14-28(19,29)5)27(4)13-12-23(33)26(2,3)22(27)16-21(25)32/h18-19,21-22,24,31-32H,8-17H2,1-7H3. The summed E-state index contributed by atoms with van der Waals surface area (Å²) >= 11 is 0. The molecule has 9 unspecified atom stereocenters. The average Bonchev–Trinajstić information content (AvgIpc) is 3.35. The molecular weight excluding hydrogens is 424 g/mol. The van der Waals surface area contributed by atoms with Crippen molar-refractivity contribution in [2.45, 2.75) is 124 Å². The Bertz CT molecular complexity index is 905. The van der Waals surface area contributed by atoms with Gasteiger partial charge in [-0.3, -0.25) is 4.79 Å². The van der Waals surface area contributed by atoms with E-state index in [2.05, 4.69) is 41.5 Å². The number of Topliss-reactive ketones (excluding diaryl/α,β-unsaturated/α-hetero) is 1. The molecule has 2 saturated carbocycles. The van der Waals surface area contributed by atoms with Crippen molar-refractivity contribution in [1.29, 1.82) is 0 Å². The van der Waals surface area contributed by atoms with Crippen LogP contribution in [0.5, 0.6) is 0 Å². The van der Waals surface area contributed by atoms with Gasteiger partial charge >= 0.3 is 0 Å². The molecule has 4 heteroatoms. The predicted molar refractivity (Wildman–Crippen MR) is 134 cm³/mol. The van der Waals surface area contributed by atoms with Crippen molar-refractivity contribution in [3.63, 3.8) is 0 Å². The number of aliphatic hydroxyl groups is 2. The van der Waals surface area contributed by atoms with E-state index in [1.54, 1.807) is 0 Å². The van der Waals surface area contributed by atoms with Crippen LogP contribution >= 0.6 is 0 Å². The molecule has 5 aliphatic rings. The van der Waals surface area contributed by atoms with E-state index in [0.717, 1.165) is 38.5 Å². The van der Waals surface area contributed by atoms with Crippen molar-refractivity contribution < 1.29 is 19.7 Å². The number of ketones is 1. The van der Waals surface area contributed by atoms with E-state index < -0.39 is 6.10 Å². The predicted octanol–water partition coefficient (Wildman–Crippen LogP) is 5.84. The average molecular weight is 473 g/mol. The topological polar surface area (TPSA) is 70.1 Å². The SMILES string of the molecule is CC(CCC1OC1(C)CO)C1CCC2(C)C3=C(CCC12C)C1(C)CCC(=O)C(C)(C)C1CC3O. The van der Waals surface area contributed by atoms with E-state index in [-0.39, 0.29) is 45.9 Å². The molecule has 0 aromatic heterocycles. The summed E-state index contributed by atoms with van der Waals surface area (Å²) in [7, 11) is 0. The number of ether oxygens (including phenoxy) is 1. The van der Waals surface area contributed by atoms with E-state index in [1.807, 2.05) is 6.92 Å². The zero-order chi connectivity index (χ0) is 24.9. The second kappa shape index (κ2) is 7.65. The molecular formula is C30H48O4. The van der Waals surface area contributed by atoms with Gasteiger partial charge in [-0.2, -0.15) is 0 Å². The molecule has 0 bridgehead atoms.